The fraction of sp³-hybridized carbons (Fsp3) is 0.444. The number of carbonyl (C=O) groups excluding carboxylic acids is 2. The Morgan fingerprint density at radius 1 is 1.33 bits per heavy atom. The molecule has 1 aliphatic rings. The lowest BCUT2D eigenvalue weighted by Gasteiger charge is -2.14. The molecule has 12 heteroatoms. The van der Waals surface area contributed by atoms with Gasteiger partial charge in [-0.25, -0.2) is 0 Å². The number of hydrogen-bond acceptors (Lipinski definition) is 8. The number of ether oxygens (including phenoxy) is 1. The van der Waals surface area contributed by atoms with Crippen molar-refractivity contribution in [1.29, 1.82) is 0 Å². The van der Waals surface area contributed by atoms with Crippen molar-refractivity contribution in [2.24, 2.45) is 5.73 Å². The summed E-state index contributed by atoms with van der Waals surface area (Å²) in [5, 5.41) is 22.3. The number of aryl methyl sites for hydroxylation is 1. The molecule has 1 fully saturated rings. The van der Waals surface area contributed by atoms with Gasteiger partial charge in [-0.3, -0.25) is 19.7 Å². The Labute approximate surface area is 176 Å². The highest BCUT2D eigenvalue weighted by molar-refractivity contribution is 7.99. The van der Waals surface area contributed by atoms with Crippen molar-refractivity contribution >= 4 is 35.0 Å². The fourth-order valence-electron chi connectivity index (χ4n) is 3.01. The molecule has 0 saturated carbocycles. The third kappa shape index (κ3) is 6.00. The summed E-state index contributed by atoms with van der Waals surface area (Å²) in [6.45, 7) is 1.26. The molecule has 30 heavy (non-hydrogen) atoms. The largest absolute Gasteiger partial charge is 0.376 e. The number of benzene rings is 1. The molecule has 11 nitrogen and oxygen atoms in total. The summed E-state index contributed by atoms with van der Waals surface area (Å²) < 4.78 is 7.57. The summed E-state index contributed by atoms with van der Waals surface area (Å²) in [4.78, 5) is 33.6. The second-order valence-corrected chi connectivity index (χ2v) is 7.69. The van der Waals surface area contributed by atoms with Crippen LogP contribution in [0.2, 0.25) is 0 Å². The smallest absolute Gasteiger partial charge is 0.269 e. The van der Waals surface area contributed by atoms with Gasteiger partial charge in [0.2, 0.25) is 11.8 Å². The lowest BCUT2D eigenvalue weighted by Crippen LogP contribution is -2.20. The minimum absolute atomic E-state index is 0.0432. The van der Waals surface area contributed by atoms with E-state index in [9.17, 15) is 19.7 Å². The van der Waals surface area contributed by atoms with Gasteiger partial charge in [0.05, 0.1) is 23.3 Å². The molecule has 0 aliphatic carbocycles. The standard InChI is InChI=1S/C18H22N6O5S/c19-15(25)7-8-16-21-22-18(23(16)10-14-2-1-9-29-14)30-11-17(26)20-12-3-5-13(6-4-12)24(27)28/h3-6,14H,1-2,7-11H2,(H2,19,25)(H,20,26). The van der Waals surface area contributed by atoms with Crippen LogP contribution in [0.1, 0.15) is 25.1 Å². The molecule has 3 N–H and O–H groups in total. The number of thioether (sulfide) groups is 1. The van der Waals surface area contributed by atoms with Crippen LogP contribution in [0, 0.1) is 10.1 Å². The summed E-state index contributed by atoms with van der Waals surface area (Å²) >= 11 is 1.22. The summed E-state index contributed by atoms with van der Waals surface area (Å²) in [7, 11) is 0. The SMILES string of the molecule is NC(=O)CCc1nnc(SCC(=O)Nc2ccc([N+](=O)[O-])cc2)n1CC1CCCO1. The van der Waals surface area contributed by atoms with Gasteiger partial charge in [-0.1, -0.05) is 11.8 Å². The van der Waals surface area contributed by atoms with E-state index in [1.54, 1.807) is 0 Å². The molecule has 3 rings (SSSR count). The van der Waals surface area contributed by atoms with E-state index < -0.39 is 10.8 Å². The fourth-order valence-corrected chi connectivity index (χ4v) is 3.78. The van der Waals surface area contributed by atoms with E-state index in [4.69, 9.17) is 10.5 Å². The van der Waals surface area contributed by atoms with Crippen molar-refractivity contribution in [2.75, 3.05) is 17.7 Å². The Morgan fingerprint density at radius 2 is 2.10 bits per heavy atom. The van der Waals surface area contributed by atoms with Crippen LogP contribution in [0.3, 0.4) is 0 Å². The Kier molecular flexibility index (Phi) is 7.36. The van der Waals surface area contributed by atoms with Crippen LogP contribution in [-0.4, -0.2) is 50.0 Å². The third-order valence-electron chi connectivity index (χ3n) is 4.49. The zero-order chi connectivity index (χ0) is 21.5. The highest BCUT2D eigenvalue weighted by atomic mass is 32.2. The Morgan fingerprint density at radius 3 is 2.73 bits per heavy atom. The number of nitrogens with zero attached hydrogens (tertiary/aromatic N) is 4. The summed E-state index contributed by atoms with van der Waals surface area (Å²) in [6.07, 6.45) is 2.49. The molecule has 0 bridgehead atoms. The summed E-state index contributed by atoms with van der Waals surface area (Å²) in [5.74, 6) is 0.0105. The number of carbonyl (C=O) groups is 2. The number of hydrogen-bond donors (Lipinski definition) is 2. The maximum absolute atomic E-state index is 12.3. The molecule has 0 radical (unpaired) electrons. The van der Waals surface area contributed by atoms with Crippen molar-refractivity contribution in [1.82, 2.24) is 14.8 Å². The van der Waals surface area contributed by atoms with Crippen LogP contribution in [0.5, 0.6) is 0 Å². The molecule has 1 unspecified atom stereocenters. The second-order valence-electron chi connectivity index (χ2n) is 6.75. The van der Waals surface area contributed by atoms with Gasteiger partial charge in [0.15, 0.2) is 5.16 Å². The molecule has 1 aromatic carbocycles. The van der Waals surface area contributed by atoms with E-state index in [0.29, 0.717) is 36.2 Å². The predicted molar refractivity (Wildman–Crippen MR) is 109 cm³/mol. The summed E-state index contributed by atoms with van der Waals surface area (Å²) in [6, 6.07) is 5.60. The number of non-ortho nitro benzene ring substituents is 1. The Bertz CT molecular complexity index is 910. The minimum Gasteiger partial charge on any atom is -0.376 e. The first kappa shape index (κ1) is 21.7. The number of nitrogens with one attached hydrogen (secondary N) is 1. The number of amides is 2. The molecular weight excluding hydrogens is 412 g/mol. The molecule has 1 saturated heterocycles. The van der Waals surface area contributed by atoms with Crippen molar-refractivity contribution in [3.8, 4) is 0 Å². The van der Waals surface area contributed by atoms with E-state index >= 15 is 0 Å². The average molecular weight is 434 g/mol. The van der Waals surface area contributed by atoms with Crippen molar-refractivity contribution in [3.05, 3.63) is 40.2 Å². The van der Waals surface area contributed by atoms with E-state index in [1.807, 2.05) is 4.57 Å². The number of nitro benzene ring substituents is 1. The summed E-state index contributed by atoms with van der Waals surface area (Å²) in [5.41, 5.74) is 5.66. The molecule has 2 aromatic rings. The molecule has 0 spiro atoms. The van der Waals surface area contributed by atoms with E-state index in [-0.39, 0.29) is 29.9 Å². The Hall–Kier alpha value is -2.99. The predicted octanol–water partition coefficient (Wildman–Crippen LogP) is 1.51. The molecule has 1 aliphatic heterocycles. The molecule has 160 valence electrons. The van der Waals surface area contributed by atoms with Crippen LogP contribution in [0.25, 0.3) is 0 Å². The second kappa shape index (κ2) is 10.2. The highest BCUT2D eigenvalue weighted by Crippen LogP contribution is 2.22. The van der Waals surface area contributed by atoms with E-state index in [1.165, 1.54) is 36.0 Å². The first-order chi connectivity index (χ1) is 14.4. The lowest BCUT2D eigenvalue weighted by molar-refractivity contribution is -0.384. The first-order valence-corrected chi connectivity index (χ1v) is 10.4. The minimum atomic E-state index is -0.502. The number of aromatic nitrogens is 3. The average Bonchev–Trinajstić information content (AvgIpc) is 3.35. The molecular formula is C18H22N6O5S. The molecule has 1 aromatic heterocycles. The van der Waals surface area contributed by atoms with Gasteiger partial charge in [0.25, 0.3) is 5.69 Å². The first-order valence-electron chi connectivity index (χ1n) is 9.41. The number of nitrogens with two attached hydrogens (primary N) is 1. The van der Waals surface area contributed by atoms with Gasteiger partial charge in [-0.15, -0.1) is 10.2 Å². The lowest BCUT2D eigenvalue weighted by atomic mass is 10.2. The van der Waals surface area contributed by atoms with Crippen molar-refractivity contribution in [2.45, 2.75) is 43.5 Å². The molecule has 2 heterocycles. The number of rotatable bonds is 10. The van der Waals surface area contributed by atoms with Gasteiger partial charge < -0.3 is 20.4 Å². The van der Waals surface area contributed by atoms with Crippen molar-refractivity contribution in [3.63, 3.8) is 0 Å². The van der Waals surface area contributed by atoms with E-state index in [0.717, 1.165) is 12.8 Å². The van der Waals surface area contributed by atoms with Crippen LogP contribution in [0.4, 0.5) is 11.4 Å². The monoisotopic (exact) mass is 434 g/mol. The topological polar surface area (TPSA) is 155 Å². The van der Waals surface area contributed by atoms with Gasteiger partial charge in [0.1, 0.15) is 5.82 Å². The van der Waals surface area contributed by atoms with Gasteiger partial charge in [0, 0.05) is 37.3 Å². The Balaban J connectivity index is 1.61. The maximum atomic E-state index is 12.3. The normalized spacial score (nSPS) is 15.8. The molecule has 1 atom stereocenters. The van der Waals surface area contributed by atoms with E-state index in [2.05, 4.69) is 15.5 Å². The van der Waals surface area contributed by atoms with Crippen LogP contribution in [-0.2, 0) is 27.3 Å². The molecule has 2 amide bonds. The maximum Gasteiger partial charge on any atom is 0.269 e. The number of anilines is 1. The zero-order valence-corrected chi connectivity index (χ0v) is 17.0. The van der Waals surface area contributed by atoms with Crippen molar-refractivity contribution < 1.29 is 19.2 Å². The van der Waals surface area contributed by atoms with Gasteiger partial charge in [-0.05, 0) is 25.0 Å². The van der Waals surface area contributed by atoms with Crippen LogP contribution < -0.4 is 11.1 Å². The zero-order valence-electron chi connectivity index (χ0n) is 16.2. The van der Waals surface area contributed by atoms with Crippen LogP contribution >= 0.6 is 11.8 Å². The van der Waals surface area contributed by atoms with Crippen LogP contribution in [0.15, 0.2) is 29.4 Å². The number of primary amides is 1. The van der Waals surface area contributed by atoms with Gasteiger partial charge >= 0.3 is 0 Å². The van der Waals surface area contributed by atoms with Gasteiger partial charge in [-0.2, -0.15) is 0 Å². The quantitative estimate of drug-likeness (QED) is 0.324. The third-order valence-corrected chi connectivity index (χ3v) is 5.46. The number of nitro groups is 1. The highest BCUT2D eigenvalue weighted by Gasteiger charge is 2.21.